The summed E-state index contributed by atoms with van der Waals surface area (Å²) in [6.45, 7) is 30.4. The lowest BCUT2D eigenvalue weighted by molar-refractivity contribution is 0.867. The van der Waals surface area contributed by atoms with Gasteiger partial charge in [-0.15, -0.1) is 0 Å². The van der Waals surface area contributed by atoms with Gasteiger partial charge in [0, 0.05) is 0 Å². The zero-order valence-electron chi connectivity index (χ0n) is 23.1. The first-order valence-electron chi connectivity index (χ1n) is 12.3. The van der Waals surface area contributed by atoms with Crippen LogP contribution in [-0.4, -0.2) is 0 Å². The number of hydrogen-bond acceptors (Lipinski definition) is 0. The maximum atomic E-state index is 4.07. The van der Waals surface area contributed by atoms with Crippen LogP contribution in [0.5, 0.6) is 0 Å². The average molecular weight is 455 g/mol. The molecule has 0 saturated heterocycles. The van der Waals surface area contributed by atoms with Crippen LogP contribution in [0, 0.1) is 6.92 Å². The summed E-state index contributed by atoms with van der Waals surface area (Å²) in [6.07, 6.45) is 6.22. The van der Waals surface area contributed by atoms with Crippen LogP contribution in [0.4, 0.5) is 0 Å². The standard InChI is InChI=1S/C15H18.C9H12.C8H10.C2H6/c1-5-6-13(3)11-14(4)15-9-7-12(2)8-10-15;1-8(2)9-6-4-3-5-7-9;1-5-6(2)8(4)7(5)3;1-2/h5-11H,4H2,1-3H3;3-8H,1-2H3;1-2H2,3-4H3;1-2H3/b6-5-,13-11-;;;. The highest BCUT2D eigenvalue weighted by molar-refractivity contribution is 5.73. The van der Waals surface area contributed by atoms with Crippen LogP contribution in [-0.2, 0) is 0 Å². The van der Waals surface area contributed by atoms with Crippen molar-refractivity contribution in [3.63, 3.8) is 0 Å². The van der Waals surface area contributed by atoms with Crippen LogP contribution >= 0.6 is 0 Å². The van der Waals surface area contributed by atoms with Crippen molar-refractivity contribution in [1.29, 1.82) is 0 Å². The minimum Gasteiger partial charge on any atom is -0.0912 e. The highest BCUT2D eigenvalue weighted by Crippen LogP contribution is 2.35. The van der Waals surface area contributed by atoms with Gasteiger partial charge in [-0.25, -0.2) is 0 Å². The number of rotatable bonds is 4. The quantitative estimate of drug-likeness (QED) is 0.403. The summed E-state index contributed by atoms with van der Waals surface area (Å²) in [6, 6.07) is 19.0. The third kappa shape index (κ3) is 10.7. The number of hydrogen-bond donors (Lipinski definition) is 0. The van der Waals surface area contributed by atoms with E-state index in [1.54, 1.807) is 0 Å². The van der Waals surface area contributed by atoms with E-state index in [4.69, 9.17) is 0 Å². The molecule has 0 amide bonds. The molecule has 0 nitrogen and oxygen atoms in total. The lowest BCUT2D eigenvalue weighted by Gasteiger charge is -2.23. The highest BCUT2D eigenvalue weighted by atomic mass is 14.2. The molecule has 2 aromatic carbocycles. The van der Waals surface area contributed by atoms with Crippen molar-refractivity contribution in [2.24, 2.45) is 0 Å². The maximum absolute atomic E-state index is 4.07. The van der Waals surface area contributed by atoms with Crippen molar-refractivity contribution in [3.8, 4) is 0 Å². The molecule has 0 unspecified atom stereocenters. The van der Waals surface area contributed by atoms with Gasteiger partial charge in [-0.05, 0) is 79.5 Å². The Labute approximate surface area is 210 Å². The van der Waals surface area contributed by atoms with Gasteiger partial charge in [0.25, 0.3) is 0 Å². The third-order valence-corrected chi connectivity index (χ3v) is 5.55. The third-order valence-electron chi connectivity index (χ3n) is 5.55. The lowest BCUT2D eigenvalue weighted by atomic mass is 9.82. The van der Waals surface area contributed by atoms with Crippen LogP contribution in [0.3, 0.4) is 0 Å². The summed E-state index contributed by atoms with van der Waals surface area (Å²) in [5.41, 5.74) is 11.0. The van der Waals surface area contributed by atoms with Crippen LogP contribution < -0.4 is 0 Å². The monoisotopic (exact) mass is 454 g/mol. The van der Waals surface area contributed by atoms with E-state index in [0.717, 1.165) is 16.7 Å². The number of allylic oxidation sites excluding steroid dienone is 9. The Balaban J connectivity index is 0.000000491. The van der Waals surface area contributed by atoms with Gasteiger partial charge in [0.05, 0.1) is 0 Å². The molecule has 1 aliphatic rings. The second kappa shape index (κ2) is 16.5. The molecule has 3 rings (SSSR count). The fourth-order valence-corrected chi connectivity index (χ4v) is 3.12. The predicted molar refractivity (Wildman–Crippen MR) is 157 cm³/mol. The van der Waals surface area contributed by atoms with E-state index in [1.807, 2.05) is 32.9 Å². The Morgan fingerprint density at radius 1 is 0.794 bits per heavy atom. The molecule has 0 atom stereocenters. The van der Waals surface area contributed by atoms with Gasteiger partial charge in [0.2, 0.25) is 0 Å². The molecular weight excluding hydrogens is 408 g/mol. The summed E-state index contributed by atoms with van der Waals surface area (Å²) >= 11 is 0. The Morgan fingerprint density at radius 3 is 1.62 bits per heavy atom. The molecule has 0 N–H and O–H groups in total. The molecule has 182 valence electrons. The summed E-state index contributed by atoms with van der Waals surface area (Å²) in [4.78, 5) is 0. The summed E-state index contributed by atoms with van der Waals surface area (Å²) in [7, 11) is 0. The fourth-order valence-electron chi connectivity index (χ4n) is 3.12. The normalized spacial score (nSPS) is 12.7. The van der Waals surface area contributed by atoms with E-state index in [0.29, 0.717) is 5.92 Å². The van der Waals surface area contributed by atoms with E-state index in [9.17, 15) is 0 Å². The first-order chi connectivity index (χ1) is 16.1. The number of benzene rings is 2. The molecule has 0 aliphatic heterocycles. The van der Waals surface area contributed by atoms with Crippen LogP contribution in [0.1, 0.15) is 78.0 Å². The van der Waals surface area contributed by atoms with E-state index < -0.39 is 0 Å². The maximum Gasteiger partial charge on any atom is -0.0190 e. The predicted octanol–water partition coefficient (Wildman–Crippen LogP) is 10.8. The zero-order valence-corrected chi connectivity index (χ0v) is 23.1. The Morgan fingerprint density at radius 2 is 1.26 bits per heavy atom. The van der Waals surface area contributed by atoms with Crippen molar-refractivity contribution >= 4 is 5.57 Å². The van der Waals surface area contributed by atoms with Crippen molar-refractivity contribution in [2.45, 2.75) is 68.2 Å². The van der Waals surface area contributed by atoms with E-state index >= 15 is 0 Å². The van der Waals surface area contributed by atoms with Crippen molar-refractivity contribution in [3.05, 3.63) is 137 Å². The summed E-state index contributed by atoms with van der Waals surface area (Å²) in [5.74, 6) is 0.659. The molecule has 0 heteroatoms. The van der Waals surface area contributed by atoms with Gasteiger partial charge in [0.15, 0.2) is 0 Å². The molecule has 2 aromatic rings. The van der Waals surface area contributed by atoms with E-state index in [-0.39, 0.29) is 0 Å². The van der Waals surface area contributed by atoms with Gasteiger partial charge < -0.3 is 0 Å². The second-order valence-corrected chi connectivity index (χ2v) is 8.55. The Bertz CT molecular complexity index is 981. The van der Waals surface area contributed by atoms with Crippen molar-refractivity contribution in [2.75, 3.05) is 0 Å². The van der Waals surface area contributed by atoms with E-state index in [1.165, 1.54) is 33.4 Å². The minimum absolute atomic E-state index is 0.659. The molecule has 0 spiro atoms. The summed E-state index contributed by atoms with van der Waals surface area (Å²) < 4.78 is 0. The molecule has 1 aliphatic carbocycles. The zero-order chi connectivity index (χ0) is 26.3. The highest BCUT2D eigenvalue weighted by Gasteiger charge is 2.16. The van der Waals surface area contributed by atoms with E-state index in [2.05, 4.69) is 122 Å². The van der Waals surface area contributed by atoms with Crippen LogP contribution in [0.25, 0.3) is 5.57 Å². The van der Waals surface area contributed by atoms with Gasteiger partial charge >= 0.3 is 0 Å². The topological polar surface area (TPSA) is 0 Å². The van der Waals surface area contributed by atoms with Gasteiger partial charge in [-0.2, -0.15) is 0 Å². The Hall–Kier alpha value is -3.12. The van der Waals surface area contributed by atoms with Gasteiger partial charge in [0.1, 0.15) is 0 Å². The molecule has 0 heterocycles. The van der Waals surface area contributed by atoms with Gasteiger partial charge in [-0.1, -0.05) is 131 Å². The minimum atomic E-state index is 0.659. The largest absolute Gasteiger partial charge is 0.0912 e. The molecule has 0 aromatic heterocycles. The second-order valence-electron chi connectivity index (χ2n) is 8.55. The average Bonchev–Trinajstić information content (AvgIpc) is 2.85. The molecule has 0 radical (unpaired) electrons. The number of aryl methyl sites for hydroxylation is 1. The lowest BCUT2D eigenvalue weighted by Crippen LogP contribution is -2.04. The smallest absolute Gasteiger partial charge is 0.0190 e. The fraction of sp³-hybridized carbons (Fsp3) is 0.294. The van der Waals surface area contributed by atoms with Gasteiger partial charge in [-0.3, -0.25) is 0 Å². The molecule has 34 heavy (non-hydrogen) atoms. The van der Waals surface area contributed by atoms with Crippen molar-refractivity contribution < 1.29 is 0 Å². The van der Waals surface area contributed by atoms with Crippen LogP contribution in [0.2, 0.25) is 0 Å². The molecule has 0 bridgehead atoms. The molecule has 0 saturated carbocycles. The van der Waals surface area contributed by atoms with Crippen molar-refractivity contribution in [1.82, 2.24) is 0 Å². The Kier molecular flexibility index (Phi) is 15.0. The summed E-state index contributed by atoms with van der Waals surface area (Å²) in [5, 5.41) is 0. The van der Waals surface area contributed by atoms with Crippen LogP contribution in [0.15, 0.2) is 120 Å². The first-order valence-corrected chi connectivity index (χ1v) is 12.3. The molecular formula is C34H46. The SMILES string of the molecule is C=C(/C=C(C)\C=C/C)c1ccc(C)cc1.C=C1C(=C)C(C)=C1C.CC.CC(C)c1ccccc1. The molecule has 0 fully saturated rings. The first kappa shape index (κ1) is 30.9.